The quantitative estimate of drug-likeness (QED) is 0.827. The second-order valence-corrected chi connectivity index (χ2v) is 10.0. The van der Waals surface area contributed by atoms with Gasteiger partial charge in [0.15, 0.2) is 0 Å². The molecule has 2 saturated heterocycles. The summed E-state index contributed by atoms with van der Waals surface area (Å²) in [5, 5.41) is 1.86. The number of morpholine rings is 1. The maximum atomic E-state index is 13.0. The summed E-state index contributed by atoms with van der Waals surface area (Å²) in [5.41, 5.74) is 0.854. The number of thiophene rings is 1. The molecular formula is C16H24N2O3S2. The first-order valence-corrected chi connectivity index (χ1v) is 10.8. The Morgan fingerprint density at radius 2 is 2.13 bits per heavy atom. The van der Waals surface area contributed by atoms with E-state index in [0.717, 1.165) is 37.6 Å². The molecule has 5 nitrogen and oxygen atoms in total. The van der Waals surface area contributed by atoms with Crippen molar-refractivity contribution < 1.29 is 13.2 Å². The molecule has 4 rings (SSSR count). The van der Waals surface area contributed by atoms with Gasteiger partial charge in [-0.25, -0.2) is 8.42 Å². The maximum absolute atomic E-state index is 13.0. The summed E-state index contributed by atoms with van der Waals surface area (Å²) in [6.45, 7) is 5.83. The Labute approximate surface area is 142 Å². The molecule has 0 aromatic carbocycles. The summed E-state index contributed by atoms with van der Waals surface area (Å²) >= 11 is 1.33. The van der Waals surface area contributed by atoms with Crippen molar-refractivity contribution in [3.05, 3.63) is 17.0 Å². The van der Waals surface area contributed by atoms with Crippen molar-refractivity contribution in [1.29, 1.82) is 0 Å². The topological polar surface area (TPSA) is 49.9 Å². The summed E-state index contributed by atoms with van der Waals surface area (Å²) in [6, 6.07) is 2.10. The number of fused-ring (bicyclic) bond motifs is 1. The van der Waals surface area contributed by atoms with Crippen molar-refractivity contribution in [2.45, 2.75) is 42.5 Å². The second-order valence-electron chi connectivity index (χ2n) is 6.96. The van der Waals surface area contributed by atoms with E-state index in [2.05, 4.69) is 4.90 Å². The van der Waals surface area contributed by atoms with Crippen LogP contribution < -0.4 is 0 Å². The Morgan fingerprint density at radius 1 is 1.30 bits per heavy atom. The third-order valence-corrected chi connectivity index (χ3v) is 8.77. The fourth-order valence-corrected chi connectivity index (χ4v) is 6.75. The number of ether oxygens (including phenoxy) is 1. The summed E-state index contributed by atoms with van der Waals surface area (Å²) < 4.78 is 34.0. The van der Waals surface area contributed by atoms with Gasteiger partial charge in [-0.15, -0.1) is 11.3 Å². The number of sulfonamides is 1. The van der Waals surface area contributed by atoms with Crippen molar-refractivity contribution >= 4 is 21.4 Å². The fraction of sp³-hybridized carbons (Fsp3) is 0.750. The number of nitrogens with zero attached hydrogens (tertiary/aromatic N) is 2. The first kappa shape index (κ1) is 16.0. The van der Waals surface area contributed by atoms with Crippen molar-refractivity contribution in [2.75, 3.05) is 32.8 Å². The summed E-state index contributed by atoms with van der Waals surface area (Å²) in [5.74, 6) is 0.820. The molecule has 0 unspecified atom stereocenters. The third-order valence-electron chi connectivity index (χ3n) is 5.24. The number of hydrogen-bond acceptors (Lipinski definition) is 5. The monoisotopic (exact) mass is 356 g/mol. The Hall–Kier alpha value is -0.470. The van der Waals surface area contributed by atoms with Crippen LogP contribution in [-0.2, 0) is 14.8 Å². The number of aryl methyl sites for hydroxylation is 1. The van der Waals surface area contributed by atoms with E-state index in [-0.39, 0.29) is 12.1 Å². The zero-order valence-electron chi connectivity index (χ0n) is 13.5. The van der Waals surface area contributed by atoms with E-state index >= 15 is 0 Å². The van der Waals surface area contributed by atoms with Gasteiger partial charge in [0.1, 0.15) is 4.21 Å². The number of hydrogen-bond donors (Lipinski definition) is 0. The van der Waals surface area contributed by atoms with Crippen LogP contribution in [0.4, 0.5) is 0 Å². The Kier molecular flexibility index (Phi) is 4.26. The molecule has 7 heteroatoms. The highest BCUT2D eigenvalue weighted by atomic mass is 32.2. The van der Waals surface area contributed by atoms with Crippen molar-refractivity contribution in [1.82, 2.24) is 9.21 Å². The Balaban J connectivity index is 1.54. The van der Waals surface area contributed by atoms with Gasteiger partial charge < -0.3 is 4.74 Å². The van der Waals surface area contributed by atoms with Crippen LogP contribution in [0.1, 0.15) is 24.8 Å². The van der Waals surface area contributed by atoms with Gasteiger partial charge in [0.2, 0.25) is 0 Å². The SMILES string of the molecule is Cc1ccsc1S(=O)(=O)N1CC[C@H]2OCCN(CC3CC3)[C@@H]2C1. The molecule has 1 aliphatic carbocycles. The van der Waals surface area contributed by atoms with E-state index in [1.165, 1.54) is 24.2 Å². The fourth-order valence-electron chi connectivity index (χ4n) is 3.73. The minimum atomic E-state index is -3.37. The molecule has 1 aromatic heterocycles. The molecule has 3 aliphatic rings. The molecule has 3 fully saturated rings. The highest BCUT2D eigenvalue weighted by molar-refractivity contribution is 7.91. The first-order chi connectivity index (χ1) is 11.1. The summed E-state index contributed by atoms with van der Waals surface area (Å²) in [4.78, 5) is 2.48. The van der Waals surface area contributed by atoms with Crippen LogP contribution in [-0.4, -0.2) is 62.6 Å². The van der Waals surface area contributed by atoms with E-state index in [9.17, 15) is 8.42 Å². The zero-order chi connectivity index (χ0) is 16.0. The van der Waals surface area contributed by atoms with Crippen molar-refractivity contribution in [3.8, 4) is 0 Å². The van der Waals surface area contributed by atoms with E-state index < -0.39 is 10.0 Å². The molecule has 2 aliphatic heterocycles. The van der Waals surface area contributed by atoms with Crippen LogP contribution in [0.25, 0.3) is 0 Å². The minimum Gasteiger partial charge on any atom is -0.375 e. The van der Waals surface area contributed by atoms with Gasteiger partial charge >= 0.3 is 0 Å². The van der Waals surface area contributed by atoms with Crippen LogP contribution in [0.15, 0.2) is 15.7 Å². The van der Waals surface area contributed by atoms with Crippen LogP contribution in [0.5, 0.6) is 0 Å². The molecule has 3 heterocycles. The standard InChI is InChI=1S/C16H24N2O3S2/c1-12-5-9-22-16(12)23(19,20)18-6-4-15-14(11-18)17(7-8-21-15)10-13-2-3-13/h5,9,13-15H,2-4,6-8,10-11H2,1H3/t14-,15-/m1/s1. The smallest absolute Gasteiger partial charge is 0.252 e. The van der Waals surface area contributed by atoms with Gasteiger partial charge in [-0.2, -0.15) is 4.31 Å². The normalized spacial score (nSPS) is 30.3. The lowest BCUT2D eigenvalue weighted by Crippen LogP contribution is -2.61. The predicted molar refractivity (Wildman–Crippen MR) is 90.3 cm³/mol. The van der Waals surface area contributed by atoms with Crippen LogP contribution >= 0.6 is 11.3 Å². The van der Waals surface area contributed by atoms with Crippen LogP contribution in [0.2, 0.25) is 0 Å². The Bertz CT molecular complexity index is 669. The minimum absolute atomic E-state index is 0.193. The lowest BCUT2D eigenvalue weighted by Gasteiger charge is -2.46. The molecule has 23 heavy (non-hydrogen) atoms. The van der Waals surface area contributed by atoms with Gasteiger partial charge in [-0.1, -0.05) is 0 Å². The summed E-state index contributed by atoms with van der Waals surface area (Å²) in [7, 11) is -3.37. The zero-order valence-corrected chi connectivity index (χ0v) is 15.1. The van der Waals surface area contributed by atoms with Gasteiger partial charge in [0, 0.05) is 32.2 Å². The predicted octanol–water partition coefficient (Wildman–Crippen LogP) is 1.93. The first-order valence-electron chi connectivity index (χ1n) is 8.45. The molecule has 128 valence electrons. The van der Waals surface area contributed by atoms with E-state index in [1.807, 2.05) is 18.4 Å². The van der Waals surface area contributed by atoms with Crippen LogP contribution in [0.3, 0.4) is 0 Å². The van der Waals surface area contributed by atoms with Crippen LogP contribution in [0, 0.1) is 12.8 Å². The number of piperidine rings is 1. The highest BCUT2D eigenvalue weighted by Gasteiger charge is 2.42. The highest BCUT2D eigenvalue weighted by Crippen LogP contribution is 2.34. The Morgan fingerprint density at radius 3 is 2.83 bits per heavy atom. The molecular weight excluding hydrogens is 332 g/mol. The summed E-state index contributed by atoms with van der Waals surface area (Å²) in [6.07, 6.45) is 3.64. The largest absolute Gasteiger partial charge is 0.375 e. The van der Waals surface area contributed by atoms with Gasteiger partial charge in [-0.3, -0.25) is 4.90 Å². The van der Waals surface area contributed by atoms with Crippen molar-refractivity contribution in [3.63, 3.8) is 0 Å². The molecule has 0 spiro atoms. The van der Waals surface area contributed by atoms with Gasteiger partial charge in [-0.05, 0) is 49.1 Å². The van der Waals surface area contributed by atoms with Gasteiger partial charge in [0.05, 0.1) is 12.7 Å². The second kappa shape index (κ2) is 6.11. The van der Waals surface area contributed by atoms with E-state index in [4.69, 9.17) is 4.74 Å². The lowest BCUT2D eigenvalue weighted by atomic mass is 10.00. The average molecular weight is 357 g/mol. The lowest BCUT2D eigenvalue weighted by molar-refractivity contribution is -0.0940. The molecule has 1 aromatic rings. The molecule has 1 saturated carbocycles. The molecule has 0 bridgehead atoms. The number of rotatable bonds is 4. The molecule has 0 radical (unpaired) electrons. The van der Waals surface area contributed by atoms with E-state index in [0.29, 0.717) is 17.3 Å². The van der Waals surface area contributed by atoms with E-state index in [1.54, 1.807) is 4.31 Å². The molecule has 0 amide bonds. The molecule has 0 N–H and O–H groups in total. The third kappa shape index (κ3) is 3.09. The average Bonchev–Trinajstić information content (AvgIpc) is 3.25. The molecule has 2 atom stereocenters. The van der Waals surface area contributed by atoms with Crippen molar-refractivity contribution in [2.24, 2.45) is 5.92 Å². The van der Waals surface area contributed by atoms with Gasteiger partial charge in [0.25, 0.3) is 10.0 Å². The maximum Gasteiger partial charge on any atom is 0.252 e.